The zero-order valence-corrected chi connectivity index (χ0v) is 9.55. The van der Waals surface area contributed by atoms with Crippen LogP contribution in [0.4, 0.5) is 0 Å². The Balaban J connectivity index is -0.0000000225. The predicted molar refractivity (Wildman–Crippen MR) is 17.8 cm³/mol. The third-order valence-electron chi connectivity index (χ3n) is 0. The Kier molecular flexibility index (Phi) is 390. The second-order valence-corrected chi connectivity index (χ2v) is 0. The van der Waals surface area contributed by atoms with Gasteiger partial charge in [-0.1, -0.05) is 0 Å². The molecule has 0 aromatic rings. The molecule has 0 radical (unpaired) electrons. The Morgan fingerprint density at radius 1 is 1.17 bits per heavy atom. The quantitative estimate of drug-likeness (QED) is 0.470. The van der Waals surface area contributed by atoms with E-state index >= 15 is 0 Å². The first-order valence-electron chi connectivity index (χ1n) is 0.722. The summed E-state index contributed by atoms with van der Waals surface area (Å²) in [5.41, 5.74) is 0. The van der Waals surface area contributed by atoms with E-state index in [9.17, 15) is 0 Å². The first-order chi connectivity index (χ1) is 3.00. The van der Waals surface area contributed by atoms with Crippen LogP contribution >= 0.6 is 0 Å². The van der Waals surface area contributed by atoms with Crippen LogP contribution < -0.4 is 0 Å². The van der Waals surface area contributed by atoms with Gasteiger partial charge in [-0.25, -0.2) is 0 Å². The van der Waals surface area contributed by atoms with Gasteiger partial charge in [0.05, 0.1) is 0 Å². The average Bonchev–Trinajstić information content (AvgIpc) is 1.81. The zero-order chi connectivity index (χ0) is 6.00. The van der Waals surface area contributed by atoms with Gasteiger partial charge in [-0.2, -0.15) is 0 Å². The molecule has 0 aliphatic rings. The molecule has 0 amide bonds. The van der Waals surface area contributed by atoms with Crippen LogP contribution in [0.15, 0.2) is 0 Å². The summed E-state index contributed by atoms with van der Waals surface area (Å²) in [7, 11) is 0.611. The summed E-state index contributed by atoms with van der Waals surface area (Å²) in [4.78, 5) is 0. The molecule has 0 atom stereocenters. The van der Waals surface area contributed by atoms with Gasteiger partial charge in [0.15, 0.2) is 0 Å². The van der Waals surface area contributed by atoms with Crippen LogP contribution in [0.3, 0.4) is 0 Å². The standard InChI is InChI=1S/Fe.In.H2OSi.2O.H/c;;1-2;;;/h;;2H2;;;. The Hall–Kier alpha value is 1.01. The third-order valence-corrected chi connectivity index (χ3v) is 0. The SMILES string of the molecule is O=[SiH2].[O]=[Fe].[O]=[InH]. The minimum atomic E-state index is -0.1000. The van der Waals surface area contributed by atoms with Crippen molar-refractivity contribution >= 4 is 34.5 Å². The fourth-order valence-corrected chi connectivity index (χ4v) is 0. The molecule has 0 spiro atoms. The Bertz CT molecular complexity index is 15.5. The molecule has 0 rings (SSSR count). The summed E-state index contributed by atoms with van der Waals surface area (Å²) in [5.74, 6) is 0. The Labute approximate surface area is 61.4 Å². The number of hydrogen-bond acceptors (Lipinski definition) is 3. The van der Waals surface area contributed by atoms with Gasteiger partial charge in [-0.05, 0) is 0 Å². The van der Waals surface area contributed by atoms with Crippen molar-refractivity contribution in [1.82, 2.24) is 0 Å². The van der Waals surface area contributed by atoms with Crippen molar-refractivity contribution in [2.45, 2.75) is 0 Å². The van der Waals surface area contributed by atoms with E-state index in [1.807, 2.05) is 15.9 Å². The van der Waals surface area contributed by atoms with E-state index in [1.165, 1.54) is 0 Å². The molecule has 0 N–H and O–H groups in total. The van der Waals surface area contributed by atoms with E-state index in [0.29, 0.717) is 10.1 Å². The molecule has 0 bridgehead atoms. The van der Waals surface area contributed by atoms with E-state index in [1.54, 1.807) is 0 Å². The molecular weight excluding hydrogens is 247 g/mol. The van der Waals surface area contributed by atoms with Gasteiger partial charge < -0.3 is 4.46 Å². The van der Waals surface area contributed by atoms with Crippen molar-refractivity contribution in [1.29, 1.82) is 0 Å². The van der Waals surface area contributed by atoms with Crippen LogP contribution in [0.2, 0.25) is 0 Å². The maximum atomic E-state index is 8.42. The fourth-order valence-electron chi connectivity index (χ4n) is 0. The summed E-state index contributed by atoms with van der Waals surface area (Å²) in [6.45, 7) is 0. The van der Waals surface area contributed by atoms with Crippen molar-refractivity contribution in [2.75, 3.05) is 0 Å². The molecular formula is H3FeInO3Si. The molecule has 0 saturated carbocycles. The third kappa shape index (κ3) is 79.3. The van der Waals surface area contributed by atoms with E-state index in [2.05, 4.69) is 0 Å². The van der Waals surface area contributed by atoms with Crippen molar-refractivity contribution in [3.8, 4) is 0 Å². The normalized spacial score (nSPS) is 2.00. The Morgan fingerprint density at radius 2 is 1.17 bits per heavy atom. The second kappa shape index (κ2) is 149. The van der Waals surface area contributed by atoms with Crippen LogP contribution in [-0.2, 0) is 27.1 Å². The van der Waals surface area contributed by atoms with Crippen molar-refractivity contribution < 1.29 is 27.1 Å². The first-order valence-corrected chi connectivity index (χ1v) is 3.40. The molecule has 0 fully saturated rings. The summed E-state index contributed by atoms with van der Waals surface area (Å²) >= 11 is 1.90. The second-order valence-electron chi connectivity index (χ2n) is 0. The van der Waals surface area contributed by atoms with Gasteiger partial charge in [0.1, 0.15) is 0 Å². The minimum absolute atomic E-state index is 0.1000. The molecule has 0 unspecified atom stereocenters. The van der Waals surface area contributed by atoms with Gasteiger partial charge in [-0.3, -0.25) is 0 Å². The van der Waals surface area contributed by atoms with E-state index in [0.717, 1.165) is 0 Å². The number of hydrogen-bond donors (Lipinski definition) is 0. The molecule has 0 aromatic heterocycles. The summed E-state index contributed by atoms with van der Waals surface area (Å²) in [5, 5.41) is 0. The number of rotatable bonds is 0. The zero-order valence-electron chi connectivity index (χ0n) is 2.99. The van der Waals surface area contributed by atoms with E-state index in [-0.39, 0.29) is 24.4 Å². The summed E-state index contributed by atoms with van der Waals surface area (Å²) in [6.07, 6.45) is 0. The molecule has 0 heterocycles. The van der Waals surface area contributed by atoms with E-state index in [4.69, 9.17) is 11.2 Å². The van der Waals surface area contributed by atoms with Crippen LogP contribution in [0, 0.1) is 0 Å². The summed E-state index contributed by atoms with van der Waals surface area (Å²) < 4.78 is 24.7. The maximum absolute atomic E-state index is 8.42. The molecule has 0 aromatic carbocycles. The van der Waals surface area contributed by atoms with Crippen LogP contribution in [-0.4, -0.2) is 34.5 Å². The molecule has 6 heteroatoms. The van der Waals surface area contributed by atoms with Gasteiger partial charge in [0.2, 0.25) is 10.1 Å². The van der Waals surface area contributed by atoms with Crippen molar-refractivity contribution in [3.63, 3.8) is 0 Å². The molecule has 0 aliphatic heterocycles. The molecule has 3 nitrogen and oxygen atoms in total. The van der Waals surface area contributed by atoms with Crippen LogP contribution in [0.1, 0.15) is 0 Å². The molecule has 36 valence electrons. The predicted octanol–water partition coefficient (Wildman–Crippen LogP) is -1.92. The van der Waals surface area contributed by atoms with E-state index < -0.39 is 0 Å². The molecule has 0 saturated heterocycles. The van der Waals surface area contributed by atoms with Crippen molar-refractivity contribution in [3.05, 3.63) is 0 Å². The van der Waals surface area contributed by atoms with Gasteiger partial charge >= 0.3 is 47.0 Å². The average molecular weight is 250 g/mol. The van der Waals surface area contributed by atoms with Crippen LogP contribution in [0.25, 0.3) is 0 Å². The van der Waals surface area contributed by atoms with Crippen LogP contribution in [0.5, 0.6) is 0 Å². The van der Waals surface area contributed by atoms with Crippen molar-refractivity contribution in [2.24, 2.45) is 0 Å². The topological polar surface area (TPSA) is 51.2 Å². The molecule has 6 heavy (non-hydrogen) atoms. The van der Waals surface area contributed by atoms with Gasteiger partial charge in [0, 0.05) is 0 Å². The van der Waals surface area contributed by atoms with Gasteiger partial charge in [0.25, 0.3) is 0 Å². The summed E-state index contributed by atoms with van der Waals surface area (Å²) in [6, 6.07) is 0. The fraction of sp³-hybridized carbons (Fsp3) is 0. The van der Waals surface area contributed by atoms with Gasteiger partial charge in [-0.15, -0.1) is 0 Å². The monoisotopic (exact) mass is 250 g/mol. The molecule has 0 aliphatic carbocycles. The first kappa shape index (κ1) is 15.7. The Morgan fingerprint density at radius 3 is 1.17 bits per heavy atom.